The van der Waals surface area contributed by atoms with Crippen LogP contribution in [0.1, 0.15) is 54.0 Å². The Kier molecular flexibility index (Phi) is 7.38. The van der Waals surface area contributed by atoms with Crippen LogP contribution >= 0.6 is 0 Å². The highest BCUT2D eigenvalue weighted by Crippen LogP contribution is 2.18. The number of methoxy groups -OCH3 is 1. The summed E-state index contributed by atoms with van der Waals surface area (Å²) in [5.74, 6) is 0.706. The number of carbonyl (C=O) groups is 1. The zero-order valence-electron chi connectivity index (χ0n) is 16.9. The van der Waals surface area contributed by atoms with Crippen molar-refractivity contribution in [2.24, 2.45) is 4.40 Å². The Morgan fingerprint density at radius 3 is 2.08 bits per heavy atom. The van der Waals surface area contributed by atoms with E-state index in [4.69, 9.17) is 9.47 Å². The molecule has 1 unspecified atom stereocenters. The Hall–Kier alpha value is -1.89. The van der Waals surface area contributed by atoms with Crippen molar-refractivity contribution in [1.82, 2.24) is 5.32 Å². The third kappa shape index (κ3) is 7.15. The van der Waals surface area contributed by atoms with Crippen molar-refractivity contribution in [2.45, 2.75) is 64.9 Å². The number of ether oxygens (including phenoxy) is 2. The molecule has 0 saturated carbocycles. The highest BCUT2D eigenvalue weighted by atomic mass is 32.2. The summed E-state index contributed by atoms with van der Waals surface area (Å²) in [6, 6.07) is 6.76. The summed E-state index contributed by atoms with van der Waals surface area (Å²) in [6.07, 6.45) is -0.548. The lowest BCUT2D eigenvalue weighted by atomic mass is 10.0. The smallest absolute Gasteiger partial charge is 0.408 e. The topological polar surface area (TPSA) is 77.0 Å². The summed E-state index contributed by atoms with van der Waals surface area (Å²) >= 11 is 0. The molecule has 0 bridgehead atoms. The molecule has 0 aliphatic heterocycles. The quantitative estimate of drug-likeness (QED) is 0.785. The van der Waals surface area contributed by atoms with E-state index in [1.807, 2.05) is 32.9 Å². The minimum Gasteiger partial charge on any atom is -0.497 e. The summed E-state index contributed by atoms with van der Waals surface area (Å²) in [5, 5.41) is 2.76. The van der Waals surface area contributed by atoms with Crippen molar-refractivity contribution >= 4 is 22.8 Å². The monoisotopic (exact) mass is 382 g/mol. The number of benzene rings is 1. The Morgan fingerprint density at radius 2 is 1.65 bits per heavy atom. The summed E-state index contributed by atoms with van der Waals surface area (Å²) in [7, 11) is 0.124. The second-order valence-corrected chi connectivity index (χ2v) is 9.84. The highest BCUT2D eigenvalue weighted by molar-refractivity contribution is 7.85. The molecule has 0 radical (unpaired) electrons. The van der Waals surface area contributed by atoms with Crippen LogP contribution in [0.25, 0.3) is 0 Å². The van der Waals surface area contributed by atoms with Crippen molar-refractivity contribution in [3.63, 3.8) is 0 Å². The first-order valence-electron chi connectivity index (χ1n) is 8.48. The lowest BCUT2D eigenvalue weighted by Crippen LogP contribution is -2.42. The van der Waals surface area contributed by atoms with Crippen molar-refractivity contribution < 1.29 is 18.5 Å². The molecule has 0 fully saturated rings. The van der Waals surface area contributed by atoms with Gasteiger partial charge >= 0.3 is 6.09 Å². The van der Waals surface area contributed by atoms with Gasteiger partial charge in [0.05, 0.1) is 23.6 Å². The normalized spacial score (nSPS) is 15.2. The fourth-order valence-corrected chi connectivity index (χ4v) is 2.64. The van der Waals surface area contributed by atoms with Crippen LogP contribution in [0, 0.1) is 0 Å². The number of nitrogens with one attached hydrogen (secondary N) is 1. The predicted octanol–water partition coefficient (Wildman–Crippen LogP) is 3.86. The summed E-state index contributed by atoms with van der Waals surface area (Å²) < 4.78 is 26.9. The van der Waals surface area contributed by atoms with Gasteiger partial charge in [-0.2, -0.15) is 4.40 Å². The van der Waals surface area contributed by atoms with Gasteiger partial charge in [0.25, 0.3) is 0 Å². The lowest BCUT2D eigenvalue weighted by molar-refractivity contribution is 0.0521. The summed E-state index contributed by atoms with van der Waals surface area (Å²) in [4.78, 5) is 12.1. The fraction of sp³-hybridized carbons (Fsp3) is 0.579. The highest BCUT2D eigenvalue weighted by Gasteiger charge is 2.24. The Labute approximate surface area is 159 Å². The Morgan fingerprint density at radius 1 is 1.12 bits per heavy atom. The molecule has 0 spiro atoms. The number of rotatable bonds is 5. The Balaban J connectivity index is 3.16. The zero-order valence-corrected chi connectivity index (χ0v) is 17.7. The van der Waals surface area contributed by atoms with E-state index in [9.17, 15) is 9.00 Å². The van der Waals surface area contributed by atoms with Crippen LogP contribution in [0.15, 0.2) is 28.7 Å². The van der Waals surface area contributed by atoms with Gasteiger partial charge in [0.1, 0.15) is 22.3 Å². The van der Waals surface area contributed by atoms with Crippen molar-refractivity contribution in [2.75, 3.05) is 7.11 Å². The van der Waals surface area contributed by atoms with Gasteiger partial charge in [0, 0.05) is 0 Å². The maximum Gasteiger partial charge on any atom is 0.408 e. The van der Waals surface area contributed by atoms with Crippen LogP contribution in [0.4, 0.5) is 4.79 Å². The first-order valence-corrected chi connectivity index (χ1v) is 9.58. The van der Waals surface area contributed by atoms with Gasteiger partial charge in [-0.05, 0) is 78.3 Å². The number of nitrogens with zero attached hydrogens (tertiary/aromatic N) is 1. The number of hydrogen-bond donors (Lipinski definition) is 1. The maximum absolute atomic E-state index is 12.5. The number of alkyl carbamates (subject to hydrolysis) is 1. The molecule has 0 aliphatic rings. The lowest BCUT2D eigenvalue weighted by Gasteiger charge is -2.23. The van der Waals surface area contributed by atoms with Crippen LogP contribution in [-0.4, -0.2) is 39.5 Å². The van der Waals surface area contributed by atoms with Gasteiger partial charge in [-0.1, -0.05) is 0 Å². The zero-order chi connectivity index (χ0) is 20.1. The molecule has 1 amide bonds. The molecule has 1 N–H and O–H groups in total. The molecule has 0 aromatic heterocycles. The van der Waals surface area contributed by atoms with E-state index in [0.717, 1.165) is 5.56 Å². The van der Waals surface area contributed by atoms with Gasteiger partial charge < -0.3 is 14.8 Å². The third-order valence-corrected chi connectivity index (χ3v) is 4.64. The molecule has 0 heterocycles. The fourth-order valence-electron chi connectivity index (χ4n) is 1.92. The molecule has 1 aromatic rings. The second-order valence-electron chi connectivity index (χ2n) is 7.93. The van der Waals surface area contributed by atoms with Crippen LogP contribution < -0.4 is 10.1 Å². The standard InChI is InChI=1S/C19H30N2O4S/c1-13(20-17(22)25-18(2,3)4)16(21-26(23)19(5,6)7)14-9-11-15(24-8)12-10-14/h9-13H,1-8H3,(H,20,22)/t13-,26?/m0/s1. The SMILES string of the molecule is COc1ccc(C(=NS(=O)C(C)(C)C)[C@H](C)NC(=O)OC(C)(C)C)cc1. The van der Waals surface area contributed by atoms with Gasteiger partial charge in [-0.3, -0.25) is 0 Å². The van der Waals surface area contributed by atoms with E-state index in [1.54, 1.807) is 46.9 Å². The molecule has 1 aromatic carbocycles. The average Bonchev–Trinajstić information content (AvgIpc) is 2.49. The minimum absolute atomic E-state index is 0.482. The van der Waals surface area contributed by atoms with E-state index < -0.39 is 33.5 Å². The van der Waals surface area contributed by atoms with E-state index in [-0.39, 0.29) is 0 Å². The first kappa shape index (κ1) is 22.2. The maximum atomic E-state index is 12.5. The van der Waals surface area contributed by atoms with Gasteiger partial charge in [-0.25, -0.2) is 9.00 Å². The van der Waals surface area contributed by atoms with Crippen LogP contribution in [0.2, 0.25) is 0 Å². The van der Waals surface area contributed by atoms with E-state index in [2.05, 4.69) is 9.71 Å². The first-order chi connectivity index (χ1) is 11.8. The summed E-state index contributed by atoms with van der Waals surface area (Å²) in [5.41, 5.74) is 0.675. The molecule has 2 atom stereocenters. The molecule has 146 valence electrons. The van der Waals surface area contributed by atoms with Crippen LogP contribution in [0.5, 0.6) is 5.75 Å². The van der Waals surface area contributed by atoms with E-state index in [0.29, 0.717) is 11.5 Å². The van der Waals surface area contributed by atoms with Crippen molar-refractivity contribution in [3.8, 4) is 5.75 Å². The number of hydrogen-bond acceptors (Lipinski definition) is 4. The van der Waals surface area contributed by atoms with Crippen molar-refractivity contribution in [3.05, 3.63) is 29.8 Å². The van der Waals surface area contributed by atoms with Gasteiger partial charge in [0.2, 0.25) is 0 Å². The largest absolute Gasteiger partial charge is 0.497 e. The molecular weight excluding hydrogens is 352 g/mol. The molecule has 1 rings (SSSR count). The van der Waals surface area contributed by atoms with Crippen LogP contribution in [0.3, 0.4) is 0 Å². The van der Waals surface area contributed by atoms with Gasteiger partial charge in [-0.15, -0.1) is 0 Å². The second kappa shape index (κ2) is 8.66. The van der Waals surface area contributed by atoms with E-state index >= 15 is 0 Å². The Bertz CT molecular complexity index is 670. The third-order valence-electron chi connectivity index (χ3n) is 3.23. The molecule has 6 nitrogen and oxygen atoms in total. The average molecular weight is 383 g/mol. The van der Waals surface area contributed by atoms with Crippen molar-refractivity contribution in [1.29, 1.82) is 0 Å². The number of carbonyl (C=O) groups excluding carboxylic acids is 1. The molecule has 0 aliphatic carbocycles. The molecular formula is C19H30N2O4S. The van der Waals surface area contributed by atoms with Crippen LogP contribution in [-0.2, 0) is 15.7 Å². The molecule has 7 heteroatoms. The molecule has 26 heavy (non-hydrogen) atoms. The van der Waals surface area contributed by atoms with Gasteiger partial charge in [0.15, 0.2) is 0 Å². The summed E-state index contributed by atoms with van der Waals surface area (Å²) in [6.45, 7) is 12.7. The molecule has 0 saturated heterocycles. The minimum atomic E-state index is -1.46. The number of amides is 1. The predicted molar refractivity (Wildman–Crippen MR) is 106 cm³/mol. The van der Waals surface area contributed by atoms with E-state index in [1.165, 1.54) is 0 Å².